The predicted molar refractivity (Wildman–Crippen MR) is 136 cm³/mol. The Morgan fingerprint density at radius 1 is 1.06 bits per heavy atom. The van der Waals surface area contributed by atoms with Gasteiger partial charge in [0.1, 0.15) is 5.82 Å². The summed E-state index contributed by atoms with van der Waals surface area (Å²) in [6.45, 7) is 9.42. The summed E-state index contributed by atoms with van der Waals surface area (Å²) in [5.74, 6) is 0.748. The number of unbranched alkanes of at least 4 members (excludes halogenated alkanes) is 1. The van der Waals surface area contributed by atoms with E-state index in [0.717, 1.165) is 70.3 Å². The van der Waals surface area contributed by atoms with Gasteiger partial charge in [0.25, 0.3) is 5.56 Å². The summed E-state index contributed by atoms with van der Waals surface area (Å²) in [6, 6.07) is 12.3. The topological polar surface area (TPSA) is 52.9 Å². The molecule has 0 bridgehead atoms. The number of hydrogen-bond acceptors (Lipinski definition) is 3. The molecule has 1 fully saturated rings. The third kappa shape index (κ3) is 6.95. The van der Waals surface area contributed by atoms with Gasteiger partial charge in [-0.25, -0.2) is 4.39 Å². The van der Waals surface area contributed by atoms with Crippen molar-refractivity contribution >= 4 is 35.6 Å². The van der Waals surface area contributed by atoms with Gasteiger partial charge >= 0.3 is 0 Å². The van der Waals surface area contributed by atoms with E-state index < -0.39 is 0 Å². The van der Waals surface area contributed by atoms with Crippen LogP contribution in [0.2, 0.25) is 0 Å². The van der Waals surface area contributed by atoms with Gasteiger partial charge in [-0.2, -0.15) is 0 Å². The van der Waals surface area contributed by atoms with Crippen LogP contribution in [0.5, 0.6) is 0 Å². The van der Waals surface area contributed by atoms with Crippen LogP contribution in [0.4, 0.5) is 10.1 Å². The number of benzene rings is 1. The molecular formula is C23H33FIN5O. The number of nitrogens with one attached hydrogen (secondary N) is 1. The molecule has 1 aliphatic rings. The van der Waals surface area contributed by atoms with Crippen molar-refractivity contribution in [3.63, 3.8) is 0 Å². The predicted octanol–water partition coefficient (Wildman–Crippen LogP) is 3.48. The monoisotopic (exact) mass is 541 g/mol. The van der Waals surface area contributed by atoms with E-state index in [-0.39, 0.29) is 35.4 Å². The number of hydrogen-bond donors (Lipinski definition) is 1. The Hall–Kier alpha value is -2.10. The SMILES string of the molecule is CCNC(=NCCCCn1c(C)cccc1=O)N1CCN(c2ccccc2F)CC1.I. The summed E-state index contributed by atoms with van der Waals surface area (Å²) >= 11 is 0. The molecule has 1 aromatic heterocycles. The Balaban J connectivity index is 0.00000341. The highest BCUT2D eigenvalue weighted by molar-refractivity contribution is 14.0. The third-order valence-corrected chi connectivity index (χ3v) is 5.43. The first kappa shape index (κ1) is 25.2. The number of nitrogens with zero attached hydrogens (tertiary/aromatic N) is 4. The van der Waals surface area contributed by atoms with Gasteiger partial charge in [0.15, 0.2) is 5.96 Å². The molecule has 1 aliphatic heterocycles. The van der Waals surface area contributed by atoms with E-state index in [9.17, 15) is 9.18 Å². The number of anilines is 1. The molecular weight excluding hydrogens is 508 g/mol. The minimum atomic E-state index is -0.167. The van der Waals surface area contributed by atoms with Crippen molar-refractivity contribution in [1.29, 1.82) is 0 Å². The molecule has 0 radical (unpaired) electrons. The molecule has 0 spiro atoms. The second-order valence-corrected chi connectivity index (χ2v) is 7.53. The zero-order chi connectivity index (χ0) is 21.3. The Kier molecular flexibility index (Phi) is 10.3. The summed E-state index contributed by atoms with van der Waals surface area (Å²) in [6.07, 6.45) is 1.83. The number of para-hydroxylation sites is 1. The maximum atomic E-state index is 14.0. The van der Waals surface area contributed by atoms with Crippen molar-refractivity contribution in [1.82, 2.24) is 14.8 Å². The highest BCUT2D eigenvalue weighted by Crippen LogP contribution is 2.20. The van der Waals surface area contributed by atoms with E-state index in [1.807, 2.05) is 29.7 Å². The minimum absolute atomic E-state index is 0. The molecule has 2 aromatic rings. The maximum absolute atomic E-state index is 14.0. The number of aryl methyl sites for hydroxylation is 1. The van der Waals surface area contributed by atoms with Crippen LogP contribution in [0.25, 0.3) is 0 Å². The van der Waals surface area contributed by atoms with Crippen LogP contribution in [-0.4, -0.2) is 54.7 Å². The molecule has 0 amide bonds. The summed E-state index contributed by atoms with van der Waals surface area (Å²) in [5, 5.41) is 3.37. The van der Waals surface area contributed by atoms with Gasteiger partial charge in [0.05, 0.1) is 5.69 Å². The van der Waals surface area contributed by atoms with Crippen molar-refractivity contribution in [3.05, 3.63) is 64.3 Å². The summed E-state index contributed by atoms with van der Waals surface area (Å²) in [4.78, 5) is 21.1. The van der Waals surface area contributed by atoms with Crippen LogP contribution < -0.4 is 15.8 Å². The average molecular weight is 541 g/mol. The Labute approximate surface area is 201 Å². The Morgan fingerprint density at radius 3 is 2.48 bits per heavy atom. The zero-order valence-corrected chi connectivity index (χ0v) is 20.7. The third-order valence-electron chi connectivity index (χ3n) is 5.43. The van der Waals surface area contributed by atoms with Crippen LogP contribution in [-0.2, 0) is 6.54 Å². The fourth-order valence-corrected chi connectivity index (χ4v) is 3.77. The maximum Gasteiger partial charge on any atom is 0.250 e. The standard InChI is InChI=1S/C23H32FN5O.HI/c1-3-25-23(26-13-6-7-14-29-19(2)9-8-12-22(29)30)28-17-15-27(16-18-28)21-11-5-4-10-20(21)24;/h4-5,8-12H,3,6-7,13-18H2,1-2H3,(H,25,26);1H. The molecule has 0 atom stereocenters. The first-order valence-electron chi connectivity index (χ1n) is 10.8. The van der Waals surface area contributed by atoms with Crippen molar-refractivity contribution in [3.8, 4) is 0 Å². The van der Waals surface area contributed by atoms with Crippen LogP contribution in [0.15, 0.2) is 52.3 Å². The van der Waals surface area contributed by atoms with Crippen molar-refractivity contribution in [2.75, 3.05) is 44.2 Å². The number of guanidine groups is 1. The van der Waals surface area contributed by atoms with Crippen LogP contribution in [0.3, 0.4) is 0 Å². The quantitative estimate of drug-likeness (QED) is 0.253. The highest BCUT2D eigenvalue weighted by atomic mass is 127. The van der Waals surface area contributed by atoms with E-state index in [0.29, 0.717) is 5.69 Å². The molecule has 6 nitrogen and oxygen atoms in total. The lowest BCUT2D eigenvalue weighted by Crippen LogP contribution is -2.52. The number of aliphatic imine (C=N–C) groups is 1. The van der Waals surface area contributed by atoms with Crippen molar-refractivity contribution in [2.45, 2.75) is 33.2 Å². The second kappa shape index (κ2) is 12.7. The van der Waals surface area contributed by atoms with Crippen LogP contribution in [0.1, 0.15) is 25.5 Å². The van der Waals surface area contributed by atoms with Gasteiger partial charge in [0.2, 0.25) is 0 Å². The first-order valence-corrected chi connectivity index (χ1v) is 10.8. The number of aromatic nitrogens is 1. The van der Waals surface area contributed by atoms with E-state index in [2.05, 4.69) is 22.0 Å². The highest BCUT2D eigenvalue weighted by Gasteiger charge is 2.21. The molecule has 31 heavy (non-hydrogen) atoms. The minimum Gasteiger partial charge on any atom is -0.366 e. The van der Waals surface area contributed by atoms with Crippen LogP contribution >= 0.6 is 24.0 Å². The van der Waals surface area contributed by atoms with Gasteiger partial charge in [-0.15, -0.1) is 24.0 Å². The lowest BCUT2D eigenvalue weighted by molar-refractivity contribution is 0.370. The van der Waals surface area contributed by atoms with E-state index in [1.165, 1.54) is 6.07 Å². The first-order chi connectivity index (χ1) is 14.6. The fourth-order valence-electron chi connectivity index (χ4n) is 3.77. The number of piperazine rings is 1. The molecule has 170 valence electrons. The lowest BCUT2D eigenvalue weighted by Gasteiger charge is -2.37. The van der Waals surface area contributed by atoms with E-state index >= 15 is 0 Å². The van der Waals surface area contributed by atoms with Gasteiger partial charge < -0.3 is 19.7 Å². The number of pyridine rings is 1. The van der Waals surface area contributed by atoms with Gasteiger partial charge in [0, 0.05) is 57.6 Å². The Morgan fingerprint density at radius 2 is 1.81 bits per heavy atom. The molecule has 0 saturated carbocycles. The lowest BCUT2D eigenvalue weighted by atomic mass is 10.2. The number of halogens is 2. The summed E-state index contributed by atoms with van der Waals surface area (Å²) < 4.78 is 15.9. The van der Waals surface area contributed by atoms with Gasteiger partial charge in [-0.05, 0) is 44.9 Å². The molecule has 2 heterocycles. The van der Waals surface area contributed by atoms with Crippen molar-refractivity contribution < 1.29 is 4.39 Å². The summed E-state index contributed by atoms with van der Waals surface area (Å²) in [7, 11) is 0. The molecule has 8 heteroatoms. The summed E-state index contributed by atoms with van der Waals surface area (Å²) in [5.41, 5.74) is 1.72. The normalized spacial score (nSPS) is 14.4. The second-order valence-electron chi connectivity index (χ2n) is 7.53. The largest absolute Gasteiger partial charge is 0.366 e. The molecule has 0 unspecified atom stereocenters. The average Bonchev–Trinajstić information content (AvgIpc) is 2.75. The molecule has 1 saturated heterocycles. The smallest absolute Gasteiger partial charge is 0.250 e. The molecule has 1 N–H and O–H groups in total. The van der Waals surface area contributed by atoms with Crippen LogP contribution in [0, 0.1) is 12.7 Å². The zero-order valence-electron chi connectivity index (χ0n) is 18.4. The van der Waals surface area contributed by atoms with Gasteiger partial charge in [-0.1, -0.05) is 18.2 Å². The molecule has 3 rings (SSSR count). The molecule has 1 aromatic carbocycles. The van der Waals surface area contributed by atoms with Crippen molar-refractivity contribution in [2.24, 2.45) is 4.99 Å². The fraction of sp³-hybridized carbons (Fsp3) is 0.478. The van der Waals surface area contributed by atoms with E-state index in [1.54, 1.807) is 18.2 Å². The number of rotatable bonds is 7. The molecule has 0 aliphatic carbocycles. The Bertz CT molecular complexity index is 909. The van der Waals surface area contributed by atoms with Gasteiger partial charge in [-0.3, -0.25) is 9.79 Å². The van der Waals surface area contributed by atoms with E-state index in [4.69, 9.17) is 4.99 Å².